The van der Waals surface area contributed by atoms with Gasteiger partial charge >= 0.3 is 0 Å². The Morgan fingerprint density at radius 1 is 1.29 bits per heavy atom. The van der Waals surface area contributed by atoms with Crippen molar-refractivity contribution < 1.29 is 14.0 Å². The SMILES string of the molecule is CCCCNC(=O)C(CSc1ccc(F)cc1)NC(C)=O. The number of carbonyl (C=O) groups is 2. The van der Waals surface area contributed by atoms with Crippen molar-refractivity contribution in [3.05, 3.63) is 30.1 Å². The van der Waals surface area contributed by atoms with Gasteiger partial charge in [-0.05, 0) is 30.7 Å². The van der Waals surface area contributed by atoms with Crippen LogP contribution in [0.1, 0.15) is 26.7 Å². The third kappa shape index (κ3) is 7.13. The summed E-state index contributed by atoms with van der Waals surface area (Å²) in [4.78, 5) is 24.1. The quantitative estimate of drug-likeness (QED) is 0.572. The van der Waals surface area contributed by atoms with Gasteiger partial charge < -0.3 is 10.6 Å². The van der Waals surface area contributed by atoms with Crippen LogP contribution < -0.4 is 10.6 Å². The highest BCUT2D eigenvalue weighted by atomic mass is 32.2. The second kappa shape index (κ2) is 9.39. The van der Waals surface area contributed by atoms with Crippen molar-refractivity contribution >= 4 is 23.6 Å². The summed E-state index contributed by atoms with van der Waals surface area (Å²) in [5.74, 6) is -0.322. The van der Waals surface area contributed by atoms with E-state index < -0.39 is 6.04 Å². The average molecular weight is 312 g/mol. The molecule has 1 aromatic carbocycles. The molecule has 1 rings (SSSR count). The van der Waals surface area contributed by atoms with Gasteiger partial charge in [-0.1, -0.05) is 13.3 Å². The lowest BCUT2D eigenvalue weighted by Crippen LogP contribution is -2.47. The maximum absolute atomic E-state index is 12.8. The van der Waals surface area contributed by atoms with E-state index in [0.717, 1.165) is 17.7 Å². The largest absolute Gasteiger partial charge is 0.354 e. The number of unbranched alkanes of at least 4 members (excludes halogenated alkanes) is 1. The van der Waals surface area contributed by atoms with Crippen molar-refractivity contribution in [1.82, 2.24) is 10.6 Å². The predicted molar refractivity (Wildman–Crippen MR) is 82.6 cm³/mol. The molecule has 0 aliphatic heterocycles. The van der Waals surface area contributed by atoms with Crippen molar-refractivity contribution in [2.24, 2.45) is 0 Å². The minimum atomic E-state index is -0.589. The summed E-state index contributed by atoms with van der Waals surface area (Å²) in [7, 11) is 0. The molecule has 0 bridgehead atoms. The van der Waals surface area contributed by atoms with Gasteiger partial charge in [0.15, 0.2) is 0 Å². The first-order chi connectivity index (χ1) is 10.0. The average Bonchev–Trinajstić information content (AvgIpc) is 2.45. The molecule has 6 heteroatoms. The molecule has 116 valence electrons. The Hall–Kier alpha value is -1.56. The number of hydrogen-bond donors (Lipinski definition) is 2. The van der Waals surface area contributed by atoms with Crippen LogP contribution in [0.5, 0.6) is 0 Å². The predicted octanol–water partition coefficient (Wildman–Crippen LogP) is 2.34. The van der Waals surface area contributed by atoms with Crippen LogP contribution in [0.2, 0.25) is 0 Å². The molecule has 0 spiro atoms. The van der Waals surface area contributed by atoms with Crippen LogP contribution in [0.3, 0.4) is 0 Å². The summed E-state index contributed by atoms with van der Waals surface area (Å²) in [5.41, 5.74) is 0. The molecular formula is C15H21FN2O2S. The Bertz CT molecular complexity index is 465. The van der Waals surface area contributed by atoms with E-state index in [0.29, 0.717) is 12.3 Å². The Kier molecular flexibility index (Phi) is 7.82. The normalized spacial score (nSPS) is 11.8. The minimum Gasteiger partial charge on any atom is -0.354 e. The minimum absolute atomic E-state index is 0.187. The lowest BCUT2D eigenvalue weighted by molar-refractivity contribution is -0.127. The zero-order valence-corrected chi connectivity index (χ0v) is 13.1. The summed E-state index contributed by atoms with van der Waals surface area (Å²) in [6.45, 7) is 4.03. The smallest absolute Gasteiger partial charge is 0.243 e. The molecule has 0 aromatic heterocycles. The highest BCUT2D eigenvalue weighted by Gasteiger charge is 2.19. The molecule has 4 nitrogen and oxygen atoms in total. The fraction of sp³-hybridized carbons (Fsp3) is 0.467. The number of benzene rings is 1. The molecule has 2 amide bonds. The third-order valence-electron chi connectivity index (χ3n) is 2.75. The van der Waals surface area contributed by atoms with Crippen LogP contribution in [0.15, 0.2) is 29.2 Å². The molecule has 0 radical (unpaired) electrons. The number of amides is 2. The highest BCUT2D eigenvalue weighted by molar-refractivity contribution is 7.99. The molecular weight excluding hydrogens is 291 g/mol. The first kappa shape index (κ1) is 17.5. The van der Waals surface area contributed by atoms with Crippen molar-refractivity contribution in [3.63, 3.8) is 0 Å². The van der Waals surface area contributed by atoms with Gasteiger partial charge in [-0.25, -0.2) is 4.39 Å². The van der Waals surface area contributed by atoms with E-state index in [4.69, 9.17) is 0 Å². The van der Waals surface area contributed by atoms with Crippen LogP contribution in [0, 0.1) is 5.82 Å². The van der Waals surface area contributed by atoms with Gasteiger partial charge in [0.25, 0.3) is 0 Å². The number of thioether (sulfide) groups is 1. The fourth-order valence-corrected chi connectivity index (χ4v) is 2.57. The van der Waals surface area contributed by atoms with Gasteiger partial charge in [-0.2, -0.15) is 0 Å². The maximum Gasteiger partial charge on any atom is 0.243 e. The lowest BCUT2D eigenvalue weighted by Gasteiger charge is -2.17. The van der Waals surface area contributed by atoms with Gasteiger partial charge in [-0.3, -0.25) is 9.59 Å². The monoisotopic (exact) mass is 312 g/mol. The molecule has 0 aliphatic rings. The van der Waals surface area contributed by atoms with Gasteiger partial charge in [0.2, 0.25) is 11.8 Å². The highest BCUT2D eigenvalue weighted by Crippen LogP contribution is 2.19. The molecule has 0 fully saturated rings. The summed E-state index contributed by atoms with van der Waals surface area (Å²) in [6, 6.07) is 5.46. The van der Waals surface area contributed by atoms with Crippen LogP contribution in [-0.4, -0.2) is 30.2 Å². The van der Waals surface area contributed by atoms with Crippen molar-refractivity contribution in [2.45, 2.75) is 37.6 Å². The topological polar surface area (TPSA) is 58.2 Å². The van der Waals surface area contributed by atoms with Crippen molar-refractivity contribution in [2.75, 3.05) is 12.3 Å². The zero-order chi connectivity index (χ0) is 15.7. The Morgan fingerprint density at radius 3 is 2.52 bits per heavy atom. The Balaban J connectivity index is 2.54. The van der Waals surface area contributed by atoms with Gasteiger partial charge in [0.1, 0.15) is 11.9 Å². The molecule has 0 aliphatic carbocycles. The van der Waals surface area contributed by atoms with Crippen LogP contribution in [0.4, 0.5) is 4.39 Å². The van der Waals surface area contributed by atoms with Crippen LogP contribution in [0.25, 0.3) is 0 Å². The van der Waals surface area contributed by atoms with E-state index in [-0.39, 0.29) is 17.6 Å². The van der Waals surface area contributed by atoms with E-state index >= 15 is 0 Å². The summed E-state index contributed by atoms with van der Waals surface area (Å²) in [6.07, 6.45) is 1.90. The molecule has 1 aromatic rings. The summed E-state index contributed by atoms with van der Waals surface area (Å²) >= 11 is 1.40. The van der Waals surface area contributed by atoms with Crippen LogP contribution >= 0.6 is 11.8 Å². The van der Waals surface area contributed by atoms with Crippen molar-refractivity contribution in [3.8, 4) is 0 Å². The van der Waals surface area contributed by atoms with E-state index in [9.17, 15) is 14.0 Å². The molecule has 2 N–H and O–H groups in total. The van der Waals surface area contributed by atoms with Gasteiger partial charge in [-0.15, -0.1) is 11.8 Å². The standard InChI is InChI=1S/C15H21FN2O2S/c1-3-4-9-17-15(20)14(18-11(2)19)10-21-13-7-5-12(16)6-8-13/h5-8,14H,3-4,9-10H2,1-2H3,(H,17,20)(H,18,19). The molecule has 1 atom stereocenters. The van der Waals surface area contributed by atoms with Gasteiger partial charge in [0, 0.05) is 24.1 Å². The number of halogens is 1. The molecule has 0 heterocycles. The number of nitrogens with one attached hydrogen (secondary N) is 2. The fourth-order valence-electron chi connectivity index (χ4n) is 1.65. The van der Waals surface area contributed by atoms with Crippen LogP contribution in [-0.2, 0) is 9.59 Å². The summed E-state index contributed by atoms with van der Waals surface area (Å²) < 4.78 is 12.8. The van der Waals surface area contributed by atoms with E-state index in [1.807, 2.05) is 6.92 Å². The first-order valence-electron chi connectivity index (χ1n) is 6.96. The van der Waals surface area contributed by atoms with E-state index in [1.165, 1.54) is 30.8 Å². The Morgan fingerprint density at radius 2 is 1.95 bits per heavy atom. The molecule has 1 unspecified atom stereocenters. The number of carbonyl (C=O) groups excluding carboxylic acids is 2. The molecule has 21 heavy (non-hydrogen) atoms. The number of rotatable bonds is 8. The third-order valence-corrected chi connectivity index (χ3v) is 3.86. The summed E-state index contributed by atoms with van der Waals surface area (Å²) in [5, 5.41) is 5.45. The second-order valence-corrected chi connectivity index (χ2v) is 5.76. The van der Waals surface area contributed by atoms with Gasteiger partial charge in [0.05, 0.1) is 0 Å². The Labute approximate surface area is 128 Å². The molecule has 0 saturated heterocycles. The molecule has 0 saturated carbocycles. The zero-order valence-electron chi connectivity index (χ0n) is 12.3. The van der Waals surface area contributed by atoms with E-state index in [1.54, 1.807) is 12.1 Å². The van der Waals surface area contributed by atoms with E-state index in [2.05, 4.69) is 10.6 Å². The number of hydrogen-bond acceptors (Lipinski definition) is 3. The second-order valence-electron chi connectivity index (χ2n) is 4.66. The van der Waals surface area contributed by atoms with Crippen molar-refractivity contribution in [1.29, 1.82) is 0 Å². The lowest BCUT2D eigenvalue weighted by atomic mass is 10.3. The first-order valence-corrected chi connectivity index (χ1v) is 7.94. The maximum atomic E-state index is 12.8.